The molecule has 0 fully saturated rings. The number of alkyl halides is 3. The smallest absolute Gasteiger partial charge is 0.448 e. The number of hydrogen-bond acceptors (Lipinski definition) is 3. The molecule has 0 bridgehead atoms. The fourth-order valence-corrected chi connectivity index (χ4v) is 0.536. The van der Waals surface area contributed by atoms with E-state index in [2.05, 4.69) is 0 Å². The summed E-state index contributed by atoms with van der Waals surface area (Å²) in [6, 6.07) is 0. The largest absolute Gasteiger partial charge is 0.477 e. The number of amides is 1. The number of carboxylic acids is 1. The van der Waals surface area contributed by atoms with Gasteiger partial charge in [-0.3, -0.25) is 4.79 Å². The van der Waals surface area contributed by atoms with Gasteiger partial charge in [0.2, 0.25) is 5.91 Å². The summed E-state index contributed by atoms with van der Waals surface area (Å²) < 4.78 is 36.0. The van der Waals surface area contributed by atoms with Crippen molar-refractivity contribution in [3.05, 3.63) is 0 Å². The Bertz CT molecular complexity index is 252. The summed E-state index contributed by atoms with van der Waals surface area (Å²) >= 11 is 0. The maximum absolute atomic E-state index is 12.0. The molecule has 0 aliphatic heterocycles. The first-order valence-corrected chi connectivity index (χ1v) is 3.48. The maximum Gasteiger partial charge on any atom is 0.448 e. The lowest BCUT2D eigenvalue weighted by molar-refractivity contribution is -0.269. The average Bonchev–Trinajstić information content (AvgIpc) is 2.01. The minimum absolute atomic E-state index is 0.369. The molecule has 0 heterocycles. The molecule has 0 aromatic heterocycles. The molecule has 0 spiro atoms. The Morgan fingerprint density at radius 1 is 1.36 bits per heavy atom. The van der Waals surface area contributed by atoms with Gasteiger partial charge in [0.15, 0.2) is 0 Å². The van der Waals surface area contributed by atoms with Crippen LogP contribution in [0.1, 0.15) is 13.3 Å². The van der Waals surface area contributed by atoms with Crippen molar-refractivity contribution in [2.24, 2.45) is 0 Å². The van der Waals surface area contributed by atoms with E-state index in [9.17, 15) is 22.8 Å². The lowest BCUT2D eigenvalue weighted by Crippen LogP contribution is -2.64. The van der Waals surface area contributed by atoms with E-state index in [1.807, 2.05) is 0 Å². The van der Waals surface area contributed by atoms with Gasteiger partial charge < -0.3 is 15.5 Å². The predicted molar refractivity (Wildman–Crippen MR) is 37.1 cm³/mol. The molecule has 0 aliphatic rings. The van der Waals surface area contributed by atoms with Crippen molar-refractivity contribution in [1.29, 1.82) is 0 Å². The van der Waals surface area contributed by atoms with Crippen LogP contribution in [-0.2, 0) is 9.59 Å². The van der Waals surface area contributed by atoms with Crippen molar-refractivity contribution >= 4 is 11.9 Å². The molecule has 5 nitrogen and oxygen atoms in total. The number of aliphatic hydroxyl groups is 1. The minimum Gasteiger partial charge on any atom is -0.477 e. The molecule has 0 aliphatic carbocycles. The maximum atomic E-state index is 12.0. The summed E-state index contributed by atoms with van der Waals surface area (Å²) in [5, 5.41) is 17.8. The number of rotatable bonds is 3. The molecular weight excluding hydrogens is 207 g/mol. The van der Waals surface area contributed by atoms with Gasteiger partial charge in [-0.25, -0.2) is 4.79 Å². The quantitative estimate of drug-likeness (QED) is 0.571. The van der Waals surface area contributed by atoms with Gasteiger partial charge in [-0.1, -0.05) is 6.92 Å². The molecule has 1 unspecified atom stereocenters. The molecule has 0 aromatic rings. The van der Waals surface area contributed by atoms with Crippen LogP contribution in [0.2, 0.25) is 0 Å². The number of aliphatic carboxylic acids is 1. The molecule has 8 heteroatoms. The van der Waals surface area contributed by atoms with Crippen molar-refractivity contribution in [2.45, 2.75) is 25.2 Å². The third-order valence-corrected chi connectivity index (χ3v) is 1.36. The van der Waals surface area contributed by atoms with E-state index in [0.29, 0.717) is 0 Å². The monoisotopic (exact) mass is 215 g/mol. The molecule has 0 rings (SSSR count). The summed E-state index contributed by atoms with van der Waals surface area (Å²) in [5.41, 5.74) is -4.22. The van der Waals surface area contributed by atoms with Crippen molar-refractivity contribution in [2.75, 3.05) is 0 Å². The van der Waals surface area contributed by atoms with Crippen LogP contribution in [0.4, 0.5) is 13.2 Å². The lowest BCUT2D eigenvalue weighted by Gasteiger charge is -2.26. The molecule has 0 radical (unpaired) electrons. The highest BCUT2D eigenvalue weighted by atomic mass is 19.4. The minimum atomic E-state index is -5.47. The van der Waals surface area contributed by atoms with Gasteiger partial charge in [0.25, 0.3) is 0 Å². The average molecular weight is 215 g/mol. The number of halogens is 3. The van der Waals surface area contributed by atoms with Crippen molar-refractivity contribution < 1.29 is 33.0 Å². The molecule has 0 saturated heterocycles. The third kappa shape index (κ3) is 2.34. The number of hydrogen-bond donors (Lipinski definition) is 3. The van der Waals surface area contributed by atoms with E-state index in [1.54, 1.807) is 0 Å². The first kappa shape index (κ1) is 12.7. The Balaban J connectivity index is 4.93. The Kier molecular flexibility index (Phi) is 3.47. The summed E-state index contributed by atoms with van der Waals surface area (Å²) in [6.07, 6.45) is -5.84. The van der Waals surface area contributed by atoms with Crippen molar-refractivity contribution in [3.63, 3.8) is 0 Å². The first-order valence-electron chi connectivity index (χ1n) is 3.48. The normalized spacial score (nSPS) is 15.8. The first-order chi connectivity index (χ1) is 6.15. The zero-order valence-electron chi connectivity index (χ0n) is 7.05. The van der Waals surface area contributed by atoms with E-state index in [4.69, 9.17) is 10.2 Å². The molecule has 3 N–H and O–H groups in total. The van der Waals surface area contributed by atoms with Gasteiger partial charge in [0.05, 0.1) is 0 Å². The molecule has 1 atom stereocenters. The second-order valence-electron chi connectivity index (χ2n) is 2.42. The third-order valence-electron chi connectivity index (χ3n) is 1.36. The Hall–Kier alpha value is -1.31. The fourth-order valence-electron chi connectivity index (χ4n) is 0.536. The molecule has 0 saturated carbocycles. The summed E-state index contributed by atoms with van der Waals surface area (Å²) in [5.74, 6) is -3.79. The second kappa shape index (κ2) is 3.82. The number of carbonyl (C=O) groups is 2. The van der Waals surface area contributed by atoms with Crippen LogP contribution in [-0.4, -0.2) is 34.0 Å². The zero-order chi connectivity index (χ0) is 11.6. The second-order valence-corrected chi connectivity index (χ2v) is 2.42. The standard InChI is InChI=1S/C6H8F3NO4/c1-2-3(11)10-5(14,4(12)13)6(7,8)9/h14H,2H2,1H3,(H,10,11)(H,12,13). The lowest BCUT2D eigenvalue weighted by atomic mass is 10.2. The van der Waals surface area contributed by atoms with E-state index in [1.165, 1.54) is 6.92 Å². The van der Waals surface area contributed by atoms with E-state index >= 15 is 0 Å². The van der Waals surface area contributed by atoms with E-state index < -0.39 is 23.8 Å². The SMILES string of the molecule is CCC(=O)NC(O)(C(=O)O)C(F)(F)F. The molecule has 0 aromatic carbocycles. The van der Waals surface area contributed by atoms with Gasteiger partial charge in [0.1, 0.15) is 0 Å². The Morgan fingerprint density at radius 2 is 1.79 bits per heavy atom. The highest BCUT2D eigenvalue weighted by molar-refractivity contribution is 5.86. The van der Waals surface area contributed by atoms with Crippen LogP contribution in [0, 0.1) is 0 Å². The van der Waals surface area contributed by atoms with Crippen molar-refractivity contribution in [3.8, 4) is 0 Å². The number of nitrogens with one attached hydrogen (secondary N) is 1. The molecule has 82 valence electrons. The Morgan fingerprint density at radius 3 is 2.00 bits per heavy atom. The van der Waals surface area contributed by atoms with Crippen LogP contribution in [0.3, 0.4) is 0 Å². The van der Waals surface area contributed by atoms with Crippen LogP contribution in [0.25, 0.3) is 0 Å². The summed E-state index contributed by atoms with van der Waals surface area (Å²) in [4.78, 5) is 20.7. The molecular formula is C6H8F3NO4. The van der Waals surface area contributed by atoms with Gasteiger partial charge in [-0.15, -0.1) is 0 Å². The highest BCUT2D eigenvalue weighted by Crippen LogP contribution is 2.28. The van der Waals surface area contributed by atoms with Crippen LogP contribution < -0.4 is 5.32 Å². The number of carbonyl (C=O) groups excluding carboxylic acids is 1. The Labute approximate surface area is 76.5 Å². The highest BCUT2D eigenvalue weighted by Gasteiger charge is 2.61. The van der Waals surface area contributed by atoms with Gasteiger partial charge >= 0.3 is 17.9 Å². The number of carboxylic acid groups (broad SMARTS) is 1. The fraction of sp³-hybridized carbons (Fsp3) is 0.667. The summed E-state index contributed by atoms with van der Waals surface area (Å²) in [6.45, 7) is 1.22. The molecule has 14 heavy (non-hydrogen) atoms. The predicted octanol–water partition coefficient (Wildman–Crippen LogP) is -0.152. The van der Waals surface area contributed by atoms with Crippen LogP contribution in [0.5, 0.6) is 0 Å². The van der Waals surface area contributed by atoms with E-state index in [0.717, 1.165) is 5.32 Å². The van der Waals surface area contributed by atoms with Gasteiger partial charge in [-0.05, 0) is 0 Å². The molecule has 1 amide bonds. The van der Waals surface area contributed by atoms with Crippen LogP contribution >= 0.6 is 0 Å². The van der Waals surface area contributed by atoms with E-state index in [-0.39, 0.29) is 6.42 Å². The van der Waals surface area contributed by atoms with Crippen LogP contribution in [0.15, 0.2) is 0 Å². The zero-order valence-corrected chi connectivity index (χ0v) is 7.05. The summed E-state index contributed by atoms with van der Waals surface area (Å²) in [7, 11) is 0. The van der Waals surface area contributed by atoms with Gasteiger partial charge in [-0.2, -0.15) is 13.2 Å². The van der Waals surface area contributed by atoms with Gasteiger partial charge in [0, 0.05) is 6.42 Å². The topological polar surface area (TPSA) is 86.6 Å². The van der Waals surface area contributed by atoms with Crippen molar-refractivity contribution in [1.82, 2.24) is 5.32 Å².